The second kappa shape index (κ2) is 10.3. The van der Waals surface area contributed by atoms with Gasteiger partial charge in [0.25, 0.3) is 5.91 Å². The van der Waals surface area contributed by atoms with Crippen LogP contribution in [0.4, 0.5) is 0 Å². The van der Waals surface area contributed by atoms with Gasteiger partial charge in [0, 0.05) is 36.3 Å². The lowest BCUT2D eigenvalue weighted by Gasteiger charge is -2.09. The topological polar surface area (TPSA) is 75.6 Å². The lowest BCUT2D eigenvalue weighted by atomic mass is 10.1. The van der Waals surface area contributed by atoms with E-state index in [2.05, 4.69) is 51.5 Å². The highest BCUT2D eigenvalue weighted by molar-refractivity contribution is 5.95. The van der Waals surface area contributed by atoms with Crippen molar-refractivity contribution < 1.29 is 4.79 Å². The van der Waals surface area contributed by atoms with Crippen molar-refractivity contribution in [1.29, 1.82) is 0 Å². The normalized spacial score (nSPS) is 10.4. The molecule has 0 aliphatic heterocycles. The summed E-state index contributed by atoms with van der Waals surface area (Å²) in [5.74, 6) is 6.34. The molecule has 160 valence electrons. The predicted molar refractivity (Wildman–Crippen MR) is 125 cm³/mol. The predicted octanol–water partition coefficient (Wildman–Crippen LogP) is 3.92. The van der Waals surface area contributed by atoms with Gasteiger partial charge in [0.15, 0.2) is 0 Å². The zero-order chi connectivity index (χ0) is 22.2. The summed E-state index contributed by atoms with van der Waals surface area (Å²) in [7, 11) is 0. The van der Waals surface area contributed by atoms with Crippen LogP contribution in [0.5, 0.6) is 0 Å². The summed E-state index contributed by atoms with van der Waals surface area (Å²) in [6, 6.07) is 15.6. The molecule has 2 aromatic heterocycles. The first-order chi connectivity index (χ1) is 15.7. The number of carbonyl (C=O) groups excluding carboxylic acids is 1. The van der Waals surface area contributed by atoms with Crippen molar-refractivity contribution in [2.24, 2.45) is 0 Å². The summed E-state index contributed by atoms with van der Waals surface area (Å²) in [4.78, 5) is 12.7. The SMILES string of the molecule is CCc1ccc(C#Cc2cc(C(=O)NCCCc3cn[nH]c3)ccc2-n2cccn2)cc1. The van der Waals surface area contributed by atoms with Crippen LogP contribution in [0, 0.1) is 11.8 Å². The highest BCUT2D eigenvalue weighted by Gasteiger charge is 2.10. The minimum Gasteiger partial charge on any atom is -0.352 e. The van der Waals surface area contributed by atoms with Crippen LogP contribution in [0.3, 0.4) is 0 Å². The summed E-state index contributed by atoms with van der Waals surface area (Å²) >= 11 is 0. The van der Waals surface area contributed by atoms with Gasteiger partial charge in [0.05, 0.1) is 17.4 Å². The molecule has 4 rings (SSSR count). The fourth-order valence-electron chi connectivity index (χ4n) is 3.36. The summed E-state index contributed by atoms with van der Waals surface area (Å²) < 4.78 is 1.76. The highest BCUT2D eigenvalue weighted by atomic mass is 16.1. The Balaban J connectivity index is 1.51. The maximum atomic E-state index is 12.7. The van der Waals surface area contributed by atoms with Gasteiger partial charge < -0.3 is 5.32 Å². The molecule has 2 N–H and O–H groups in total. The third kappa shape index (κ3) is 5.32. The van der Waals surface area contributed by atoms with E-state index < -0.39 is 0 Å². The zero-order valence-electron chi connectivity index (χ0n) is 18.0. The lowest BCUT2D eigenvalue weighted by Crippen LogP contribution is -2.25. The van der Waals surface area contributed by atoms with Crippen molar-refractivity contribution in [3.63, 3.8) is 0 Å². The number of aromatic amines is 1. The molecule has 0 aliphatic rings. The Morgan fingerprint density at radius 1 is 1.12 bits per heavy atom. The molecule has 0 atom stereocenters. The van der Waals surface area contributed by atoms with Crippen molar-refractivity contribution >= 4 is 5.91 Å². The molecule has 0 saturated heterocycles. The molecule has 0 unspecified atom stereocenters. The summed E-state index contributed by atoms with van der Waals surface area (Å²) in [6.45, 7) is 2.72. The van der Waals surface area contributed by atoms with Crippen LogP contribution >= 0.6 is 0 Å². The number of nitrogens with one attached hydrogen (secondary N) is 2. The zero-order valence-corrected chi connectivity index (χ0v) is 18.0. The van der Waals surface area contributed by atoms with Crippen molar-refractivity contribution in [2.75, 3.05) is 6.54 Å². The molecular weight excluding hydrogens is 398 g/mol. The van der Waals surface area contributed by atoms with E-state index >= 15 is 0 Å². The van der Waals surface area contributed by atoms with Gasteiger partial charge in [-0.25, -0.2) is 4.68 Å². The molecule has 0 bridgehead atoms. The Labute approximate surface area is 187 Å². The van der Waals surface area contributed by atoms with E-state index in [1.807, 2.05) is 48.8 Å². The first-order valence-electron chi connectivity index (χ1n) is 10.7. The molecule has 0 fully saturated rings. The lowest BCUT2D eigenvalue weighted by molar-refractivity contribution is 0.0953. The Bertz CT molecular complexity index is 1210. The Morgan fingerprint density at radius 2 is 2.00 bits per heavy atom. The van der Waals surface area contributed by atoms with Crippen LogP contribution in [0.25, 0.3) is 5.69 Å². The van der Waals surface area contributed by atoms with Crippen LogP contribution in [0.1, 0.15) is 46.0 Å². The van der Waals surface area contributed by atoms with Crippen LogP contribution < -0.4 is 5.32 Å². The van der Waals surface area contributed by atoms with Gasteiger partial charge in [0.1, 0.15) is 0 Å². The number of rotatable bonds is 7. The first kappa shape index (κ1) is 21.1. The molecule has 6 nitrogen and oxygen atoms in total. The second-order valence-corrected chi connectivity index (χ2v) is 7.45. The second-order valence-electron chi connectivity index (χ2n) is 7.45. The molecule has 2 aromatic carbocycles. The number of nitrogens with zero attached hydrogens (tertiary/aromatic N) is 3. The van der Waals surface area contributed by atoms with Crippen molar-refractivity contribution in [1.82, 2.24) is 25.3 Å². The van der Waals surface area contributed by atoms with E-state index in [-0.39, 0.29) is 5.91 Å². The number of H-pyrrole nitrogens is 1. The monoisotopic (exact) mass is 423 g/mol. The number of amides is 1. The van der Waals surface area contributed by atoms with E-state index in [0.29, 0.717) is 12.1 Å². The van der Waals surface area contributed by atoms with Crippen LogP contribution in [0.15, 0.2) is 73.3 Å². The van der Waals surface area contributed by atoms with Crippen LogP contribution in [0.2, 0.25) is 0 Å². The molecule has 0 radical (unpaired) electrons. The standard InChI is InChI=1S/C26H25N5O/c1-2-20-6-8-21(9-7-20)10-11-23-17-24(12-13-25(23)31-16-4-15-30-31)26(32)27-14-3-5-22-18-28-29-19-22/h4,6-9,12-13,15-19H,2-3,5,14H2,1H3,(H,27,32)(H,28,29). The summed E-state index contributed by atoms with van der Waals surface area (Å²) in [5.41, 5.74) is 5.51. The summed E-state index contributed by atoms with van der Waals surface area (Å²) in [6.07, 6.45) is 9.97. The van der Waals surface area contributed by atoms with E-state index in [9.17, 15) is 4.79 Å². The Kier molecular flexibility index (Phi) is 6.78. The van der Waals surface area contributed by atoms with Gasteiger partial charge in [-0.1, -0.05) is 30.9 Å². The molecule has 2 heterocycles. The van der Waals surface area contributed by atoms with Gasteiger partial charge in [-0.05, 0) is 66.8 Å². The van der Waals surface area contributed by atoms with E-state index in [1.165, 1.54) is 5.56 Å². The largest absolute Gasteiger partial charge is 0.352 e. The average molecular weight is 424 g/mol. The Morgan fingerprint density at radius 3 is 2.72 bits per heavy atom. The fraction of sp³-hybridized carbons (Fsp3) is 0.192. The number of benzene rings is 2. The number of hydrogen-bond donors (Lipinski definition) is 2. The molecular formula is C26H25N5O. The van der Waals surface area contributed by atoms with Crippen molar-refractivity contribution in [3.8, 4) is 17.5 Å². The van der Waals surface area contributed by atoms with Crippen LogP contribution in [-0.4, -0.2) is 32.4 Å². The first-order valence-corrected chi connectivity index (χ1v) is 10.7. The molecule has 6 heteroatoms. The third-order valence-corrected chi connectivity index (χ3v) is 5.20. The molecule has 1 amide bonds. The van der Waals surface area contributed by atoms with E-state index in [1.54, 1.807) is 17.1 Å². The fourth-order valence-corrected chi connectivity index (χ4v) is 3.36. The van der Waals surface area contributed by atoms with Gasteiger partial charge in [-0.15, -0.1) is 0 Å². The molecule has 0 aliphatic carbocycles. The molecule has 0 saturated carbocycles. The summed E-state index contributed by atoms with van der Waals surface area (Å²) in [5, 5.41) is 14.1. The minimum absolute atomic E-state index is 0.112. The third-order valence-electron chi connectivity index (χ3n) is 5.20. The highest BCUT2D eigenvalue weighted by Crippen LogP contribution is 2.16. The Hall–Kier alpha value is -4.11. The number of carbonyl (C=O) groups is 1. The molecule has 32 heavy (non-hydrogen) atoms. The quantitative estimate of drug-likeness (QED) is 0.349. The van der Waals surface area contributed by atoms with Gasteiger partial charge in [-0.3, -0.25) is 9.89 Å². The number of aryl methyl sites for hydroxylation is 2. The van der Waals surface area contributed by atoms with E-state index in [0.717, 1.165) is 41.6 Å². The number of hydrogen-bond acceptors (Lipinski definition) is 3. The van der Waals surface area contributed by atoms with Crippen molar-refractivity contribution in [3.05, 3.63) is 101 Å². The van der Waals surface area contributed by atoms with Gasteiger partial charge in [-0.2, -0.15) is 10.2 Å². The average Bonchev–Trinajstić information content (AvgIpc) is 3.55. The van der Waals surface area contributed by atoms with Gasteiger partial charge in [0.2, 0.25) is 0 Å². The van der Waals surface area contributed by atoms with Crippen molar-refractivity contribution in [2.45, 2.75) is 26.2 Å². The molecule has 0 spiro atoms. The van der Waals surface area contributed by atoms with E-state index in [4.69, 9.17) is 0 Å². The maximum absolute atomic E-state index is 12.7. The molecule has 4 aromatic rings. The van der Waals surface area contributed by atoms with Gasteiger partial charge >= 0.3 is 0 Å². The van der Waals surface area contributed by atoms with Crippen LogP contribution in [-0.2, 0) is 12.8 Å². The number of aromatic nitrogens is 4. The minimum atomic E-state index is -0.112. The maximum Gasteiger partial charge on any atom is 0.251 e. The smallest absolute Gasteiger partial charge is 0.251 e.